The maximum Gasteiger partial charge on any atom is 0.329 e. The zero-order valence-electron chi connectivity index (χ0n) is 11.4. The molecule has 0 aromatic heterocycles. The molecule has 21 heavy (non-hydrogen) atoms. The Labute approximate surface area is 127 Å². The van der Waals surface area contributed by atoms with Gasteiger partial charge in [-0.15, -0.1) is 0 Å². The predicted octanol–water partition coefficient (Wildman–Crippen LogP) is 2.16. The lowest BCUT2D eigenvalue weighted by atomic mass is 9.97. The van der Waals surface area contributed by atoms with Gasteiger partial charge in [-0.25, -0.2) is 4.79 Å². The molecule has 1 heterocycles. The molecule has 0 saturated heterocycles. The number of carbonyl (C=O) groups excluding carboxylic acids is 1. The molecule has 1 atom stereocenters. The zero-order chi connectivity index (χ0) is 15.0. The van der Waals surface area contributed by atoms with Crippen LogP contribution in [0.1, 0.15) is 31.2 Å². The maximum atomic E-state index is 12.3. The number of halogens is 1. The molecule has 1 aliphatic carbocycles. The smallest absolute Gasteiger partial charge is 0.329 e. The highest BCUT2D eigenvalue weighted by Gasteiger charge is 2.44. The van der Waals surface area contributed by atoms with Gasteiger partial charge in [0.2, 0.25) is 0 Å². The first-order valence-corrected chi connectivity index (χ1v) is 7.38. The summed E-state index contributed by atoms with van der Waals surface area (Å²) in [5, 5.41) is 12.7. The highest BCUT2D eigenvalue weighted by atomic mass is 35.5. The molecule has 3 rings (SSSR count). The van der Waals surface area contributed by atoms with E-state index < -0.39 is 17.6 Å². The Bertz CT molecular complexity index is 595. The molecule has 1 saturated carbocycles. The van der Waals surface area contributed by atoms with E-state index in [1.165, 1.54) is 0 Å². The van der Waals surface area contributed by atoms with Crippen molar-refractivity contribution in [3.8, 4) is 5.75 Å². The van der Waals surface area contributed by atoms with Crippen molar-refractivity contribution < 1.29 is 19.4 Å². The van der Waals surface area contributed by atoms with Crippen molar-refractivity contribution in [1.82, 2.24) is 5.32 Å². The molecule has 2 aliphatic rings. The number of aliphatic carboxylic acids is 1. The molecular formula is C15H16ClNO4. The fourth-order valence-corrected chi connectivity index (χ4v) is 3.25. The number of hydrogen-bond acceptors (Lipinski definition) is 3. The molecule has 1 aliphatic heterocycles. The molecule has 6 heteroatoms. The van der Waals surface area contributed by atoms with E-state index in [1.54, 1.807) is 18.2 Å². The van der Waals surface area contributed by atoms with Crippen LogP contribution in [-0.2, 0) is 16.0 Å². The van der Waals surface area contributed by atoms with Crippen molar-refractivity contribution in [1.29, 1.82) is 0 Å². The van der Waals surface area contributed by atoms with E-state index in [-0.39, 0.29) is 5.91 Å². The van der Waals surface area contributed by atoms with Crippen LogP contribution in [0.2, 0.25) is 5.02 Å². The Hall–Kier alpha value is -1.75. The van der Waals surface area contributed by atoms with Crippen LogP contribution < -0.4 is 10.1 Å². The van der Waals surface area contributed by atoms with E-state index in [0.29, 0.717) is 30.0 Å². The van der Waals surface area contributed by atoms with Gasteiger partial charge in [0.05, 0.1) is 0 Å². The number of hydrogen-bond donors (Lipinski definition) is 2. The minimum atomic E-state index is -1.13. The molecule has 1 fully saturated rings. The molecule has 1 unspecified atom stereocenters. The summed E-state index contributed by atoms with van der Waals surface area (Å²) < 4.78 is 5.60. The molecule has 1 aromatic rings. The monoisotopic (exact) mass is 309 g/mol. The molecule has 1 amide bonds. The number of benzene rings is 1. The van der Waals surface area contributed by atoms with Gasteiger partial charge in [0.1, 0.15) is 11.3 Å². The Morgan fingerprint density at radius 2 is 2.05 bits per heavy atom. The second-order valence-corrected chi connectivity index (χ2v) is 6.08. The van der Waals surface area contributed by atoms with Gasteiger partial charge in [-0.2, -0.15) is 0 Å². The van der Waals surface area contributed by atoms with Gasteiger partial charge in [-0.05, 0) is 36.6 Å². The van der Waals surface area contributed by atoms with Gasteiger partial charge >= 0.3 is 5.97 Å². The van der Waals surface area contributed by atoms with E-state index in [2.05, 4.69) is 5.32 Å². The van der Waals surface area contributed by atoms with Crippen molar-refractivity contribution in [3.05, 3.63) is 28.8 Å². The summed E-state index contributed by atoms with van der Waals surface area (Å²) in [6.07, 6.45) is 2.30. The quantitative estimate of drug-likeness (QED) is 0.897. The largest absolute Gasteiger partial charge is 0.480 e. The van der Waals surface area contributed by atoms with Gasteiger partial charge in [0, 0.05) is 11.4 Å². The van der Waals surface area contributed by atoms with E-state index in [0.717, 1.165) is 18.4 Å². The SMILES string of the molecule is O=C(NC1(C(=O)O)CCCC1)C1Cc2cc(Cl)ccc2O1. The van der Waals surface area contributed by atoms with Crippen molar-refractivity contribution in [3.63, 3.8) is 0 Å². The summed E-state index contributed by atoms with van der Waals surface area (Å²) in [4.78, 5) is 23.8. The molecule has 0 radical (unpaired) electrons. The maximum absolute atomic E-state index is 12.3. The minimum Gasteiger partial charge on any atom is -0.480 e. The first-order valence-electron chi connectivity index (χ1n) is 7.01. The normalized spacial score (nSPS) is 22.4. The van der Waals surface area contributed by atoms with Gasteiger partial charge in [-0.3, -0.25) is 4.79 Å². The van der Waals surface area contributed by atoms with Crippen LogP contribution >= 0.6 is 11.6 Å². The van der Waals surface area contributed by atoms with Crippen LogP contribution in [-0.4, -0.2) is 28.6 Å². The molecule has 5 nitrogen and oxygen atoms in total. The highest BCUT2D eigenvalue weighted by Crippen LogP contribution is 2.33. The van der Waals surface area contributed by atoms with E-state index in [4.69, 9.17) is 16.3 Å². The van der Waals surface area contributed by atoms with Crippen molar-refractivity contribution in [2.24, 2.45) is 0 Å². The number of amides is 1. The summed E-state index contributed by atoms with van der Waals surface area (Å²) in [5.74, 6) is -0.700. The fraction of sp³-hybridized carbons (Fsp3) is 0.467. The lowest BCUT2D eigenvalue weighted by molar-refractivity contribution is -0.148. The number of carbonyl (C=O) groups is 2. The van der Waals surface area contributed by atoms with Crippen LogP contribution in [0, 0.1) is 0 Å². The summed E-state index contributed by atoms with van der Waals surface area (Å²) in [6, 6.07) is 5.20. The Morgan fingerprint density at radius 3 is 2.71 bits per heavy atom. The third kappa shape index (κ3) is 2.58. The number of nitrogens with one attached hydrogen (secondary N) is 1. The Morgan fingerprint density at radius 1 is 1.33 bits per heavy atom. The molecule has 0 spiro atoms. The summed E-state index contributed by atoms with van der Waals surface area (Å²) in [7, 11) is 0. The summed E-state index contributed by atoms with van der Waals surface area (Å²) in [6.45, 7) is 0. The van der Waals surface area contributed by atoms with Gasteiger partial charge in [0.25, 0.3) is 5.91 Å². The van der Waals surface area contributed by atoms with E-state index >= 15 is 0 Å². The topological polar surface area (TPSA) is 75.6 Å². The average Bonchev–Trinajstić information content (AvgIpc) is 3.05. The number of rotatable bonds is 3. The predicted molar refractivity (Wildman–Crippen MR) is 76.5 cm³/mol. The standard InChI is InChI=1S/C15H16ClNO4/c16-10-3-4-11-9(7-10)8-12(21-11)13(18)17-15(14(19)20)5-1-2-6-15/h3-4,7,12H,1-2,5-6,8H2,(H,17,18)(H,19,20). The third-order valence-electron chi connectivity index (χ3n) is 4.22. The molecule has 0 bridgehead atoms. The Kier molecular flexibility index (Phi) is 3.53. The molecular weight excluding hydrogens is 294 g/mol. The summed E-state index contributed by atoms with van der Waals surface area (Å²) >= 11 is 5.92. The number of carboxylic acids is 1. The number of ether oxygens (including phenoxy) is 1. The second-order valence-electron chi connectivity index (χ2n) is 5.65. The van der Waals surface area contributed by atoms with Crippen molar-refractivity contribution >= 4 is 23.5 Å². The Balaban J connectivity index is 1.71. The lowest BCUT2D eigenvalue weighted by Crippen LogP contribution is -2.55. The first-order chi connectivity index (χ1) is 10.00. The van der Waals surface area contributed by atoms with E-state index in [9.17, 15) is 14.7 Å². The van der Waals surface area contributed by atoms with Crippen LogP contribution in [0.3, 0.4) is 0 Å². The first kappa shape index (κ1) is 14.2. The van der Waals surface area contributed by atoms with Crippen LogP contribution in [0.15, 0.2) is 18.2 Å². The average molecular weight is 310 g/mol. The molecule has 2 N–H and O–H groups in total. The highest BCUT2D eigenvalue weighted by molar-refractivity contribution is 6.30. The number of fused-ring (bicyclic) bond motifs is 1. The third-order valence-corrected chi connectivity index (χ3v) is 4.45. The van der Waals surface area contributed by atoms with Crippen LogP contribution in [0.25, 0.3) is 0 Å². The van der Waals surface area contributed by atoms with Crippen LogP contribution in [0.4, 0.5) is 0 Å². The summed E-state index contributed by atoms with van der Waals surface area (Å²) in [5.41, 5.74) is -0.259. The zero-order valence-corrected chi connectivity index (χ0v) is 12.2. The van der Waals surface area contributed by atoms with Crippen molar-refractivity contribution in [2.75, 3.05) is 0 Å². The molecule has 1 aromatic carbocycles. The van der Waals surface area contributed by atoms with Crippen molar-refractivity contribution in [2.45, 2.75) is 43.7 Å². The van der Waals surface area contributed by atoms with Gasteiger partial charge in [-0.1, -0.05) is 24.4 Å². The lowest BCUT2D eigenvalue weighted by Gasteiger charge is -2.26. The van der Waals surface area contributed by atoms with Gasteiger partial charge < -0.3 is 15.2 Å². The fourth-order valence-electron chi connectivity index (χ4n) is 3.05. The van der Waals surface area contributed by atoms with Crippen LogP contribution in [0.5, 0.6) is 5.75 Å². The molecule has 112 valence electrons. The van der Waals surface area contributed by atoms with E-state index in [1.807, 2.05) is 0 Å². The number of carboxylic acid groups (broad SMARTS) is 1. The van der Waals surface area contributed by atoms with Gasteiger partial charge in [0.15, 0.2) is 6.10 Å². The second kappa shape index (κ2) is 5.22. The minimum absolute atomic E-state index is 0.369.